The number of ketones is 1. The number of alkyl halides is 3. The molecular formula is C25H24F3NO3S. The number of rotatable bonds is 3. The fourth-order valence-electron chi connectivity index (χ4n) is 5.12. The van der Waals surface area contributed by atoms with Crippen LogP contribution < -0.4 is 10.1 Å². The fourth-order valence-corrected chi connectivity index (χ4v) is 6.03. The topological polar surface area (TPSA) is 58.6 Å². The van der Waals surface area contributed by atoms with E-state index in [2.05, 4.69) is 10.1 Å². The Labute approximate surface area is 193 Å². The van der Waals surface area contributed by atoms with Gasteiger partial charge in [-0.05, 0) is 72.5 Å². The van der Waals surface area contributed by atoms with Gasteiger partial charge in [0.15, 0.2) is 0 Å². The van der Waals surface area contributed by atoms with Gasteiger partial charge in [-0.15, -0.1) is 24.5 Å². The Morgan fingerprint density at radius 2 is 1.79 bits per heavy atom. The molecule has 1 saturated carbocycles. The Bertz CT molecular complexity index is 1280. The summed E-state index contributed by atoms with van der Waals surface area (Å²) in [6.07, 6.45) is -2.68. The van der Waals surface area contributed by atoms with Crippen molar-refractivity contribution in [3.8, 4) is 22.6 Å². The maximum absolute atomic E-state index is 13.2. The third-order valence-electron chi connectivity index (χ3n) is 7.35. The Kier molecular flexibility index (Phi) is 4.69. The smallest absolute Gasteiger partial charge is 0.507 e. The summed E-state index contributed by atoms with van der Waals surface area (Å²) in [5, 5.41) is 17.1. The Morgan fingerprint density at radius 3 is 2.45 bits per heavy atom. The number of piperidine rings is 1. The first-order valence-corrected chi connectivity index (χ1v) is 11.7. The molecule has 0 radical (unpaired) electrons. The molecule has 1 aliphatic heterocycles. The molecule has 1 aliphatic carbocycles. The van der Waals surface area contributed by atoms with Gasteiger partial charge in [0.25, 0.3) is 0 Å². The highest BCUT2D eigenvalue weighted by atomic mass is 32.1. The lowest BCUT2D eigenvalue weighted by atomic mass is 9.67. The van der Waals surface area contributed by atoms with Crippen LogP contribution in [-0.4, -0.2) is 22.8 Å². The normalized spacial score (nSPS) is 23.8. The van der Waals surface area contributed by atoms with Crippen molar-refractivity contribution in [2.75, 3.05) is 0 Å². The molecule has 2 heterocycles. The summed E-state index contributed by atoms with van der Waals surface area (Å²) in [7, 11) is 0. The van der Waals surface area contributed by atoms with Crippen molar-refractivity contribution in [1.82, 2.24) is 5.32 Å². The minimum atomic E-state index is -4.83. The number of carbonyl (C=O) groups excluding carboxylic acids is 1. The number of hydrogen-bond acceptors (Lipinski definition) is 5. The second-order valence-electron chi connectivity index (χ2n) is 9.85. The summed E-state index contributed by atoms with van der Waals surface area (Å²) >= 11 is 1.44. The number of phenolic OH excluding ortho intramolecular Hbond substituents is 1. The van der Waals surface area contributed by atoms with Crippen molar-refractivity contribution < 1.29 is 27.8 Å². The van der Waals surface area contributed by atoms with E-state index in [0.29, 0.717) is 12.0 Å². The summed E-state index contributed by atoms with van der Waals surface area (Å²) in [6, 6.07) is 9.33. The Morgan fingerprint density at radius 1 is 1.06 bits per heavy atom. The number of phenols is 1. The van der Waals surface area contributed by atoms with Crippen LogP contribution in [0.5, 0.6) is 11.5 Å². The maximum atomic E-state index is 13.2. The third-order valence-corrected chi connectivity index (χ3v) is 8.32. The molecule has 1 atom stereocenters. The zero-order valence-corrected chi connectivity index (χ0v) is 19.3. The highest BCUT2D eigenvalue weighted by Crippen LogP contribution is 2.57. The summed E-state index contributed by atoms with van der Waals surface area (Å²) in [4.78, 5) is 13.2. The fraction of sp³-hybridized carbons (Fsp3) is 0.400. The van der Waals surface area contributed by atoms with E-state index < -0.39 is 23.1 Å². The van der Waals surface area contributed by atoms with Gasteiger partial charge in [0.05, 0.1) is 0 Å². The van der Waals surface area contributed by atoms with E-state index in [0.717, 1.165) is 34.6 Å². The lowest BCUT2D eigenvalue weighted by molar-refractivity contribution is -0.274. The Balaban J connectivity index is 1.64. The van der Waals surface area contributed by atoms with Gasteiger partial charge in [-0.25, -0.2) is 0 Å². The number of thiophene rings is 1. The van der Waals surface area contributed by atoms with E-state index in [1.807, 2.05) is 44.4 Å². The minimum absolute atomic E-state index is 0.144. The van der Waals surface area contributed by atoms with E-state index in [1.54, 1.807) is 0 Å². The van der Waals surface area contributed by atoms with Gasteiger partial charge in [-0.3, -0.25) is 4.79 Å². The standard InChI is InChI=1S/C25H24F3NO3S/c1-22(2)20(31)13-23(3,29-24(22)7-8-24)15-10-14-6-9-33-21(14)18(11-15)17-12-16(4-5-19(17)30)32-25(26,27)28/h4-6,9-12,29-30H,7-8,13H2,1-3H3/t23-/m0/s1. The first-order chi connectivity index (χ1) is 15.3. The molecule has 2 aliphatic rings. The van der Waals surface area contributed by atoms with E-state index >= 15 is 0 Å². The van der Waals surface area contributed by atoms with Crippen LogP contribution in [0.2, 0.25) is 0 Å². The zero-order chi connectivity index (χ0) is 23.8. The van der Waals surface area contributed by atoms with Crippen LogP contribution in [0, 0.1) is 5.41 Å². The molecule has 1 saturated heterocycles. The van der Waals surface area contributed by atoms with Crippen molar-refractivity contribution in [3.05, 3.63) is 47.3 Å². The third kappa shape index (κ3) is 3.60. The van der Waals surface area contributed by atoms with Crippen LogP contribution in [0.15, 0.2) is 41.8 Å². The lowest BCUT2D eigenvalue weighted by Crippen LogP contribution is -2.62. The number of fused-ring (bicyclic) bond motifs is 1. The number of benzene rings is 2. The molecule has 1 aromatic heterocycles. The first kappa shape index (κ1) is 22.2. The van der Waals surface area contributed by atoms with Crippen LogP contribution in [0.1, 0.15) is 45.6 Å². The van der Waals surface area contributed by atoms with Crippen molar-refractivity contribution >= 4 is 27.2 Å². The lowest BCUT2D eigenvalue weighted by Gasteiger charge is -2.48. The Hall–Kier alpha value is -2.58. The molecule has 3 aromatic rings. The molecule has 2 fully saturated rings. The molecule has 0 unspecified atom stereocenters. The largest absolute Gasteiger partial charge is 0.573 e. The average Bonchev–Trinajstić information content (AvgIpc) is 3.32. The van der Waals surface area contributed by atoms with Gasteiger partial charge < -0.3 is 15.2 Å². The van der Waals surface area contributed by atoms with E-state index in [-0.39, 0.29) is 22.6 Å². The molecule has 8 heteroatoms. The monoisotopic (exact) mass is 475 g/mol. The van der Waals surface area contributed by atoms with Crippen LogP contribution in [0.3, 0.4) is 0 Å². The minimum Gasteiger partial charge on any atom is -0.507 e. The highest BCUT2D eigenvalue weighted by molar-refractivity contribution is 7.17. The molecule has 2 N–H and O–H groups in total. The summed E-state index contributed by atoms with van der Waals surface area (Å²) in [5.41, 5.74) is 0.377. The predicted molar refractivity (Wildman–Crippen MR) is 121 cm³/mol. The van der Waals surface area contributed by atoms with Crippen molar-refractivity contribution in [2.24, 2.45) is 5.41 Å². The van der Waals surface area contributed by atoms with Gasteiger partial charge >= 0.3 is 6.36 Å². The number of Topliss-reactive ketones (excluding diaryl/α,β-unsaturated/α-hetero) is 1. The predicted octanol–water partition coefficient (Wildman–Crippen LogP) is 6.51. The summed E-state index contributed by atoms with van der Waals surface area (Å²) < 4.78 is 43.3. The van der Waals surface area contributed by atoms with Crippen LogP contribution >= 0.6 is 11.3 Å². The summed E-state index contributed by atoms with van der Waals surface area (Å²) in [5.74, 6) is -0.355. The average molecular weight is 476 g/mol. The van der Waals surface area contributed by atoms with Crippen molar-refractivity contribution in [2.45, 2.75) is 57.5 Å². The van der Waals surface area contributed by atoms with Gasteiger partial charge in [-0.2, -0.15) is 0 Å². The quantitative estimate of drug-likeness (QED) is 0.454. The SMILES string of the molecule is CC1(C)C(=O)C[C@@](C)(c2cc(-c3cc(OC(F)(F)F)ccc3O)c3sccc3c2)NC12CC2. The molecule has 2 aromatic carbocycles. The maximum Gasteiger partial charge on any atom is 0.573 e. The first-order valence-electron chi connectivity index (χ1n) is 10.8. The zero-order valence-electron chi connectivity index (χ0n) is 18.5. The molecule has 1 spiro atoms. The van der Waals surface area contributed by atoms with Crippen LogP contribution in [0.25, 0.3) is 21.2 Å². The van der Waals surface area contributed by atoms with Crippen molar-refractivity contribution in [1.29, 1.82) is 0 Å². The second kappa shape index (κ2) is 6.96. The van der Waals surface area contributed by atoms with Gasteiger partial charge in [0, 0.05) is 38.7 Å². The van der Waals surface area contributed by atoms with Crippen LogP contribution in [0.4, 0.5) is 13.2 Å². The molecule has 174 valence electrons. The highest BCUT2D eigenvalue weighted by Gasteiger charge is 2.63. The van der Waals surface area contributed by atoms with Gasteiger partial charge in [-0.1, -0.05) is 13.8 Å². The summed E-state index contributed by atoms with van der Waals surface area (Å²) in [6.45, 7) is 5.99. The van der Waals surface area contributed by atoms with Crippen molar-refractivity contribution in [3.63, 3.8) is 0 Å². The number of ether oxygens (including phenoxy) is 1. The number of carbonyl (C=O) groups is 1. The van der Waals surface area contributed by atoms with E-state index in [1.165, 1.54) is 23.5 Å². The molecule has 0 amide bonds. The van der Waals surface area contributed by atoms with Crippen LogP contribution in [-0.2, 0) is 10.3 Å². The molecule has 5 rings (SSSR count). The van der Waals surface area contributed by atoms with E-state index in [4.69, 9.17) is 0 Å². The molecule has 4 nitrogen and oxygen atoms in total. The van der Waals surface area contributed by atoms with E-state index in [9.17, 15) is 23.1 Å². The second-order valence-corrected chi connectivity index (χ2v) is 10.8. The number of halogens is 3. The van der Waals surface area contributed by atoms with Gasteiger partial charge in [0.2, 0.25) is 0 Å². The van der Waals surface area contributed by atoms with Gasteiger partial charge in [0.1, 0.15) is 17.3 Å². The molecule has 0 bridgehead atoms. The molecule has 33 heavy (non-hydrogen) atoms. The number of nitrogens with one attached hydrogen (secondary N) is 1. The molecular weight excluding hydrogens is 451 g/mol. The number of hydrogen-bond donors (Lipinski definition) is 2. The number of aromatic hydroxyl groups is 1.